The van der Waals surface area contributed by atoms with Crippen LogP contribution in [0.5, 0.6) is 11.5 Å². The lowest BCUT2D eigenvalue weighted by molar-refractivity contribution is -0.384. The van der Waals surface area contributed by atoms with E-state index in [-0.39, 0.29) is 23.8 Å². The second-order valence-electron chi connectivity index (χ2n) is 7.57. The zero-order valence-corrected chi connectivity index (χ0v) is 19.4. The molecule has 0 aliphatic heterocycles. The third kappa shape index (κ3) is 6.87. The number of nitrogens with zero attached hydrogens (tertiary/aromatic N) is 2. The number of anilines is 1. The van der Waals surface area contributed by atoms with Gasteiger partial charge in [0.2, 0.25) is 0 Å². The number of hydrogen-bond acceptors (Lipinski definition) is 7. The van der Waals surface area contributed by atoms with Crippen molar-refractivity contribution in [3.63, 3.8) is 0 Å². The summed E-state index contributed by atoms with van der Waals surface area (Å²) < 4.78 is 11.0. The molecule has 0 radical (unpaired) electrons. The second kappa shape index (κ2) is 11.4. The van der Waals surface area contributed by atoms with E-state index in [1.54, 1.807) is 18.2 Å². The lowest BCUT2D eigenvalue weighted by Crippen LogP contribution is -2.21. The number of methoxy groups -OCH3 is 1. The van der Waals surface area contributed by atoms with Crippen molar-refractivity contribution in [1.82, 2.24) is 5.43 Å². The number of hydrogen-bond donors (Lipinski definition) is 2. The minimum atomic E-state index is -0.544. The molecule has 180 valence electrons. The van der Waals surface area contributed by atoms with Crippen molar-refractivity contribution in [2.45, 2.75) is 13.8 Å². The fourth-order valence-electron chi connectivity index (χ4n) is 3.05. The van der Waals surface area contributed by atoms with Gasteiger partial charge in [0.05, 0.1) is 18.2 Å². The largest absolute Gasteiger partial charge is 0.493 e. The van der Waals surface area contributed by atoms with Crippen molar-refractivity contribution in [3.05, 3.63) is 93.0 Å². The first kappa shape index (κ1) is 24.9. The molecule has 0 saturated heterocycles. The van der Waals surface area contributed by atoms with Gasteiger partial charge in [-0.3, -0.25) is 19.7 Å². The van der Waals surface area contributed by atoms with Gasteiger partial charge in [-0.15, -0.1) is 0 Å². The van der Waals surface area contributed by atoms with Gasteiger partial charge in [-0.25, -0.2) is 5.43 Å². The van der Waals surface area contributed by atoms with Crippen molar-refractivity contribution >= 4 is 29.4 Å². The van der Waals surface area contributed by atoms with Crippen molar-refractivity contribution in [3.8, 4) is 11.5 Å². The summed E-state index contributed by atoms with van der Waals surface area (Å²) in [6, 6.07) is 15.9. The first-order valence-electron chi connectivity index (χ1n) is 10.5. The van der Waals surface area contributed by atoms with Crippen LogP contribution in [-0.4, -0.2) is 36.7 Å². The van der Waals surface area contributed by atoms with E-state index in [0.717, 1.165) is 16.8 Å². The van der Waals surface area contributed by atoms with Crippen LogP contribution in [0.25, 0.3) is 0 Å². The summed E-state index contributed by atoms with van der Waals surface area (Å²) in [5, 5.41) is 17.4. The third-order valence-corrected chi connectivity index (χ3v) is 4.93. The number of nitro benzene ring substituents is 1. The van der Waals surface area contributed by atoms with Gasteiger partial charge in [-0.2, -0.15) is 5.10 Å². The molecule has 0 aliphatic rings. The summed E-state index contributed by atoms with van der Waals surface area (Å²) >= 11 is 0. The highest BCUT2D eigenvalue weighted by atomic mass is 16.6. The lowest BCUT2D eigenvalue weighted by Gasteiger charge is -2.12. The van der Waals surface area contributed by atoms with Crippen LogP contribution < -0.4 is 20.2 Å². The number of carbonyl (C=O) groups is 2. The molecule has 0 heterocycles. The van der Waals surface area contributed by atoms with Crippen LogP contribution in [0, 0.1) is 24.0 Å². The van der Waals surface area contributed by atoms with Gasteiger partial charge in [0, 0.05) is 23.4 Å². The Morgan fingerprint density at radius 2 is 1.77 bits per heavy atom. The molecule has 2 N–H and O–H groups in total. The Kier molecular flexibility index (Phi) is 8.12. The fraction of sp³-hybridized carbons (Fsp3) is 0.160. The predicted octanol–water partition coefficient (Wildman–Crippen LogP) is 4.00. The topological polar surface area (TPSA) is 132 Å². The Balaban J connectivity index is 1.57. The quantitative estimate of drug-likeness (QED) is 0.273. The Morgan fingerprint density at radius 1 is 1.03 bits per heavy atom. The van der Waals surface area contributed by atoms with Crippen LogP contribution in [-0.2, 0) is 4.79 Å². The van der Waals surface area contributed by atoms with Crippen molar-refractivity contribution < 1.29 is 24.0 Å². The molecule has 0 aromatic heterocycles. The van der Waals surface area contributed by atoms with Gasteiger partial charge in [0.1, 0.15) is 0 Å². The minimum absolute atomic E-state index is 0.109. The number of ether oxygens (including phenoxy) is 2. The Labute approximate surface area is 201 Å². The normalized spacial score (nSPS) is 10.6. The van der Waals surface area contributed by atoms with Gasteiger partial charge >= 0.3 is 0 Å². The second-order valence-corrected chi connectivity index (χ2v) is 7.57. The third-order valence-electron chi connectivity index (χ3n) is 4.93. The summed E-state index contributed by atoms with van der Waals surface area (Å²) in [4.78, 5) is 34.6. The number of hydrazone groups is 1. The molecule has 10 nitrogen and oxygen atoms in total. The molecule has 0 bridgehead atoms. The van der Waals surface area contributed by atoms with Gasteiger partial charge in [-0.05, 0) is 66.9 Å². The Bertz CT molecular complexity index is 1270. The van der Waals surface area contributed by atoms with Crippen LogP contribution in [0.15, 0.2) is 65.8 Å². The maximum Gasteiger partial charge on any atom is 0.271 e. The van der Waals surface area contributed by atoms with Crippen LogP contribution in [0.2, 0.25) is 0 Å². The standard InChI is InChI=1S/C25H24N4O6/c1-16-4-5-17(2)21(12-16)27-24(30)15-35-22-11-6-18(13-23(22)34-3)14-26-28-25(31)19-7-9-20(10-8-19)29(32)33/h4-14H,15H2,1-3H3,(H,27,30)(H,28,31)/b26-14+. The maximum absolute atomic E-state index is 12.3. The summed E-state index contributed by atoms with van der Waals surface area (Å²) in [6.45, 7) is 3.65. The molecule has 0 saturated carbocycles. The molecule has 3 aromatic carbocycles. The highest BCUT2D eigenvalue weighted by molar-refractivity contribution is 5.95. The smallest absolute Gasteiger partial charge is 0.271 e. The first-order chi connectivity index (χ1) is 16.8. The number of nitrogens with one attached hydrogen (secondary N) is 2. The highest BCUT2D eigenvalue weighted by Crippen LogP contribution is 2.27. The molecule has 0 atom stereocenters. The van der Waals surface area contributed by atoms with E-state index in [1.807, 2.05) is 32.0 Å². The number of nitro groups is 1. The summed E-state index contributed by atoms with van der Waals surface area (Å²) in [5.74, 6) is -0.0656. The lowest BCUT2D eigenvalue weighted by atomic mass is 10.1. The monoisotopic (exact) mass is 476 g/mol. The molecule has 0 fully saturated rings. The zero-order chi connectivity index (χ0) is 25.4. The molecule has 35 heavy (non-hydrogen) atoms. The number of carbonyl (C=O) groups excluding carboxylic acids is 2. The van der Waals surface area contributed by atoms with E-state index in [1.165, 1.54) is 37.6 Å². The molecule has 3 aromatic rings. The maximum atomic E-state index is 12.3. The van der Waals surface area contributed by atoms with E-state index in [9.17, 15) is 19.7 Å². The Hall–Kier alpha value is -4.73. The van der Waals surface area contributed by atoms with Crippen LogP contribution >= 0.6 is 0 Å². The number of amides is 2. The van der Waals surface area contributed by atoms with Gasteiger partial charge in [0.25, 0.3) is 17.5 Å². The summed E-state index contributed by atoms with van der Waals surface area (Å²) in [5.41, 5.74) is 5.80. The first-order valence-corrected chi connectivity index (χ1v) is 10.5. The molecule has 0 aliphatic carbocycles. The molecule has 2 amide bonds. The van der Waals surface area contributed by atoms with Gasteiger partial charge in [-0.1, -0.05) is 12.1 Å². The van der Waals surface area contributed by atoms with Crippen molar-refractivity contribution in [2.24, 2.45) is 5.10 Å². The van der Waals surface area contributed by atoms with Crippen LogP contribution in [0.4, 0.5) is 11.4 Å². The van der Waals surface area contributed by atoms with Crippen LogP contribution in [0.3, 0.4) is 0 Å². The predicted molar refractivity (Wildman–Crippen MR) is 131 cm³/mol. The van der Waals surface area contributed by atoms with Crippen LogP contribution in [0.1, 0.15) is 27.0 Å². The fourth-order valence-corrected chi connectivity index (χ4v) is 3.05. The van der Waals surface area contributed by atoms with Crippen molar-refractivity contribution in [2.75, 3.05) is 19.0 Å². The number of benzene rings is 3. The minimum Gasteiger partial charge on any atom is -0.493 e. The SMILES string of the molecule is COc1cc(/C=N/NC(=O)c2ccc([N+](=O)[O-])cc2)ccc1OCC(=O)Nc1cc(C)ccc1C. The van der Waals surface area contributed by atoms with Gasteiger partial charge in [0.15, 0.2) is 18.1 Å². The molecule has 3 rings (SSSR count). The molecule has 0 unspecified atom stereocenters. The van der Waals surface area contributed by atoms with Crippen molar-refractivity contribution in [1.29, 1.82) is 0 Å². The number of rotatable bonds is 9. The van der Waals surface area contributed by atoms with Gasteiger partial charge < -0.3 is 14.8 Å². The molecule has 10 heteroatoms. The number of aryl methyl sites for hydroxylation is 2. The van der Waals surface area contributed by atoms with E-state index in [2.05, 4.69) is 15.8 Å². The molecular weight excluding hydrogens is 452 g/mol. The summed E-state index contributed by atoms with van der Waals surface area (Å²) in [6.07, 6.45) is 1.41. The van der Waals surface area contributed by atoms with E-state index in [0.29, 0.717) is 17.1 Å². The molecular formula is C25H24N4O6. The summed E-state index contributed by atoms with van der Waals surface area (Å²) in [7, 11) is 1.47. The molecule has 0 spiro atoms. The average molecular weight is 476 g/mol. The average Bonchev–Trinajstić information content (AvgIpc) is 2.85. The van der Waals surface area contributed by atoms with E-state index in [4.69, 9.17) is 9.47 Å². The highest BCUT2D eigenvalue weighted by Gasteiger charge is 2.11. The zero-order valence-electron chi connectivity index (χ0n) is 19.4. The Morgan fingerprint density at radius 3 is 2.46 bits per heavy atom. The number of non-ortho nitro benzene ring substituents is 1. The van der Waals surface area contributed by atoms with E-state index < -0.39 is 10.8 Å². The van der Waals surface area contributed by atoms with E-state index >= 15 is 0 Å².